The lowest BCUT2D eigenvalue weighted by molar-refractivity contribution is 0.0254. The fourth-order valence-electron chi connectivity index (χ4n) is 3.17. The summed E-state index contributed by atoms with van der Waals surface area (Å²) < 4.78 is 5.07. The number of nitrogens with one attached hydrogen (secondary N) is 1. The third-order valence-corrected chi connectivity index (χ3v) is 4.53. The second-order valence-electron chi connectivity index (χ2n) is 6.63. The van der Waals surface area contributed by atoms with Gasteiger partial charge in [-0.3, -0.25) is 9.78 Å². The summed E-state index contributed by atoms with van der Waals surface area (Å²) in [6, 6.07) is 7.26. The maximum atomic E-state index is 12.4. The number of carbonyl (C=O) groups is 1. The Morgan fingerprint density at radius 3 is 2.85 bits per heavy atom. The molecule has 26 heavy (non-hydrogen) atoms. The van der Waals surface area contributed by atoms with Gasteiger partial charge in [-0.2, -0.15) is 0 Å². The van der Waals surface area contributed by atoms with E-state index in [2.05, 4.69) is 15.3 Å². The van der Waals surface area contributed by atoms with Crippen LogP contribution in [0, 0.1) is 0 Å². The number of amides is 1. The summed E-state index contributed by atoms with van der Waals surface area (Å²) in [5.74, 6) is 0.546. The summed E-state index contributed by atoms with van der Waals surface area (Å²) in [6.45, 7) is 1.94. The van der Waals surface area contributed by atoms with Crippen molar-refractivity contribution in [3.63, 3.8) is 0 Å². The van der Waals surface area contributed by atoms with Gasteiger partial charge in [-0.05, 0) is 30.5 Å². The van der Waals surface area contributed by atoms with Gasteiger partial charge in [0.25, 0.3) is 5.91 Å². The maximum absolute atomic E-state index is 12.4. The number of methoxy groups -OCH3 is 1. The van der Waals surface area contributed by atoms with Crippen LogP contribution in [0.1, 0.15) is 28.8 Å². The third kappa shape index (κ3) is 4.56. The number of anilines is 1. The normalized spacial score (nSPS) is 20.0. The number of hydrogen-bond donors (Lipinski definition) is 2. The Kier molecular flexibility index (Phi) is 5.80. The number of hydrogen-bond acceptors (Lipinski definition) is 6. The number of ether oxygens (including phenoxy) is 1. The first-order valence-electron chi connectivity index (χ1n) is 8.69. The van der Waals surface area contributed by atoms with Crippen LogP contribution in [0.2, 0.25) is 0 Å². The van der Waals surface area contributed by atoms with Gasteiger partial charge in [0.15, 0.2) is 0 Å². The van der Waals surface area contributed by atoms with Crippen molar-refractivity contribution in [1.29, 1.82) is 0 Å². The first-order chi connectivity index (χ1) is 12.6. The fraction of sp³-hybridized carbons (Fsp3) is 0.421. The summed E-state index contributed by atoms with van der Waals surface area (Å²) in [5, 5.41) is 13.7. The highest BCUT2D eigenvalue weighted by Crippen LogP contribution is 2.24. The summed E-state index contributed by atoms with van der Waals surface area (Å²) in [5.41, 5.74) is 0.589. The molecule has 1 amide bonds. The number of carbonyl (C=O) groups excluding carboxylic acids is 1. The highest BCUT2D eigenvalue weighted by molar-refractivity contribution is 5.94. The predicted molar refractivity (Wildman–Crippen MR) is 97.9 cm³/mol. The highest BCUT2D eigenvalue weighted by Gasteiger charge is 2.34. The molecule has 0 radical (unpaired) electrons. The van der Waals surface area contributed by atoms with Crippen LogP contribution in [0.4, 0.5) is 5.82 Å². The molecule has 0 spiro atoms. The van der Waals surface area contributed by atoms with Crippen molar-refractivity contribution in [2.45, 2.75) is 25.0 Å². The molecule has 1 saturated heterocycles. The summed E-state index contributed by atoms with van der Waals surface area (Å²) in [4.78, 5) is 22.7. The molecular weight excluding hydrogens is 332 g/mol. The zero-order valence-electron chi connectivity index (χ0n) is 14.9. The van der Waals surface area contributed by atoms with Crippen molar-refractivity contribution < 1.29 is 14.6 Å². The average molecular weight is 356 g/mol. The summed E-state index contributed by atoms with van der Waals surface area (Å²) in [6.07, 6.45) is 6.41. The van der Waals surface area contributed by atoms with Gasteiger partial charge in [0.2, 0.25) is 0 Å². The molecular formula is C19H24N4O3. The smallest absolute Gasteiger partial charge is 0.251 e. The number of β-amino-alcohol motifs (C(OH)–C–C–N with tert-alkyl or cyclic N) is 1. The van der Waals surface area contributed by atoms with Crippen LogP contribution in [0.25, 0.3) is 0 Å². The molecule has 1 aliphatic rings. The molecule has 7 heteroatoms. The SMILES string of the molecule is COCc1ccc(C(=O)NC[C@]2(O)CCCN(c3cnccn3)C2)cc1. The Hall–Kier alpha value is -2.51. The zero-order chi connectivity index (χ0) is 18.4. The second-order valence-corrected chi connectivity index (χ2v) is 6.63. The first kappa shape index (κ1) is 18.3. The Morgan fingerprint density at radius 1 is 1.35 bits per heavy atom. The third-order valence-electron chi connectivity index (χ3n) is 4.53. The van der Waals surface area contributed by atoms with E-state index in [1.54, 1.807) is 37.8 Å². The van der Waals surface area contributed by atoms with Gasteiger partial charge in [0.1, 0.15) is 5.82 Å². The molecule has 2 heterocycles. The molecule has 7 nitrogen and oxygen atoms in total. The minimum Gasteiger partial charge on any atom is -0.386 e. The lowest BCUT2D eigenvalue weighted by Gasteiger charge is -2.39. The van der Waals surface area contributed by atoms with Crippen LogP contribution in [-0.2, 0) is 11.3 Å². The number of benzene rings is 1. The average Bonchev–Trinajstić information content (AvgIpc) is 2.68. The summed E-state index contributed by atoms with van der Waals surface area (Å²) in [7, 11) is 1.63. The van der Waals surface area contributed by atoms with Crippen LogP contribution < -0.4 is 10.2 Å². The number of piperidine rings is 1. The lowest BCUT2D eigenvalue weighted by atomic mass is 9.92. The van der Waals surface area contributed by atoms with Gasteiger partial charge in [-0.25, -0.2) is 4.98 Å². The fourth-order valence-corrected chi connectivity index (χ4v) is 3.17. The maximum Gasteiger partial charge on any atom is 0.251 e. The Labute approximate surface area is 153 Å². The van der Waals surface area contributed by atoms with Crippen molar-refractivity contribution >= 4 is 11.7 Å². The Morgan fingerprint density at radius 2 is 2.15 bits per heavy atom. The number of nitrogens with zero attached hydrogens (tertiary/aromatic N) is 3. The number of rotatable bonds is 6. The molecule has 0 aliphatic carbocycles. The van der Waals surface area contributed by atoms with E-state index in [-0.39, 0.29) is 12.5 Å². The number of aromatic nitrogens is 2. The van der Waals surface area contributed by atoms with E-state index in [1.807, 2.05) is 17.0 Å². The Balaban J connectivity index is 1.58. The van der Waals surface area contributed by atoms with Gasteiger partial charge in [0, 0.05) is 44.7 Å². The molecule has 2 aromatic rings. The van der Waals surface area contributed by atoms with E-state index in [9.17, 15) is 9.90 Å². The Bertz CT molecular complexity index is 723. The van der Waals surface area contributed by atoms with Gasteiger partial charge >= 0.3 is 0 Å². The molecule has 1 aromatic heterocycles. The van der Waals surface area contributed by atoms with Crippen molar-refractivity contribution in [1.82, 2.24) is 15.3 Å². The molecule has 3 rings (SSSR count). The standard InChI is InChI=1S/C19H24N4O3/c1-26-12-15-3-5-16(6-4-15)18(24)22-13-19(25)7-2-10-23(14-19)17-11-20-8-9-21-17/h3-6,8-9,11,25H,2,7,10,12-14H2,1H3,(H,22,24)/t19-/m1/s1. The molecule has 1 aromatic carbocycles. The van der Waals surface area contributed by atoms with E-state index in [1.165, 1.54) is 0 Å². The highest BCUT2D eigenvalue weighted by atomic mass is 16.5. The summed E-state index contributed by atoms with van der Waals surface area (Å²) >= 11 is 0. The van der Waals surface area contributed by atoms with Gasteiger partial charge < -0.3 is 20.1 Å². The largest absolute Gasteiger partial charge is 0.386 e. The van der Waals surface area contributed by atoms with Crippen molar-refractivity contribution in [3.05, 3.63) is 54.0 Å². The molecule has 2 N–H and O–H groups in total. The molecule has 138 valence electrons. The number of aliphatic hydroxyl groups is 1. The van der Waals surface area contributed by atoms with Gasteiger partial charge in [-0.1, -0.05) is 12.1 Å². The minimum atomic E-state index is -0.985. The van der Waals surface area contributed by atoms with Crippen molar-refractivity contribution in [3.8, 4) is 0 Å². The second kappa shape index (κ2) is 8.25. The topological polar surface area (TPSA) is 87.6 Å². The molecule has 1 atom stereocenters. The quantitative estimate of drug-likeness (QED) is 0.813. The van der Waals surface area contributed by atoms with Crippen molar-refractivity contribution in [2.75, 3.05) is 31.6 Å². The molecule has 1 fully saturated rings. The van der Waals surface area contributed by atoms with Crippen LogP contribution in [-0.4, -0.2) is 53.3 Å². The van der Waals surface area contributed by atoms with E-state index >= 15 is 0 Å². The molecule has 1 aliphatic heterocycles. The van der Waals surface area contributed by atoms with E-state index in [0.717, 1.165) is 24.3 Å². The van der Waals surface area contributed by atoms with Crippen LogP contribution in [0.5, 0.6) is 0 Å². The van der Waals surface area contributed by atoms with Gasteiger partial charge in [-0.15, -0.1) is 0 Å². The van der Waals surface area contributed by atoms with Crippen LogP contribution >= 0.6 is 0 Å². The van der Waals surface area contributed by atoms with Crippen LogP contribution in [0.15, 0.2) is 42.9 Å². The first-order valence-corrected chi connectivity index (χ1v) is 8.69. The zero-order valence-corrected chi connectivity index (χ0v) is 14.9. The molecule has 0 bridgehead atoms. The van der Waals surface area contributed by atoms with Crippen LogP contribution in [0.3, 0.4) is 0 Å². The molecule has 0 unspecified atom stereocenters. The molecule has 0 saturated carbocycles. The van der Waals surface area contributed by atoms with E-state index in [0.29, 0.717) is 25.1 Å². The minimum absolute atomic E-state index is 0.195. The van der Waals surface area contributed by atoms with Gasteiger partial charge in [0.05, 0.1) is 18.4 Å². The monoisotopic (exact) mass is 356 g/mol. The van der Waals surface area contributed by atoms with E-state index in [4.69, 9.17) is 4.74 Å². The predicted octanol–water partition coefficient (Wildman–Crippen LogP) is 1.38. The lowest BCUT2D eigenvalue weighted by Crippen LogP contribution is -2.54. The van der Waals surface area contributed by atoms with Crippen molar-refractivity contribution in [2.24, 2.45) is 0 Å². The van der Waals surface area contributed by atoms with E-state index < -0.39 is 5.60 Å².